The molecule has 0 radical (unpaired) electrons. The van der Waals surface area contributed by atoms with Gasteiger partial charge in [-0.3, -0.25) is 0 Å². The van der Waals surface area contributed by atoms with E-state index in [1.165, 1.54) is 48.8 Å². The average Bonchev–Trinajstić information content (AvgIpc) is 2.85. The highest BCUT2D eigenvalue weighted by atomic mass is 14.9. The van der Waals surface area contributed by atoms with Crippen molar-refractivity contribution in [2.75, 3.05) is 6.54 Å². The van der Waals surface area contributed by atoms with Gasteiger partial charge in [0.1, 0.15) is 0 Å². The second-order valence-electron chi connectivity index (χ2n) is 6.71. The van der Waals surface area contributed by atoms with Crippen LogP contribution >= 0.6 is 0 Å². The van der Waals surface area contributed by atoms with Gasteiger partial charge in [-0.15, -0.1) is 0 Å². The first-order valence-electron chi connectivity index (χ1n) is 8.42. The summed E-state index contributed by atoms with van der Waals surface area (Å²) in [6.45, 7) is 10.1. The van der Waals surface area contributed by atoms with E-state index in [-0.39, 0.29) is 0 Å². The molecule has 112 valence electrons. The summed E-state index contributed by atoms with van der Waals surface area (Å²) >= 11 is 0. The van der Waals surface area contributed by atoms with Crippen molar-refractivity contribution in [1.82, 2.24) is 5.32 Å². The summed E-state index contributed by atoms with van der Waals surface area (Å²) in [6.07, 6.45) is 6.84. The van der Waals surface area contributed by atoms with Crippen LogP contribution in [0.1, 0.15) is 56.2 Å². The Bertz CT molecular complexity index is 404. The highest BCUT2D eigenvalue weighted by molar-refractivity contribution is 5.29. The van der Waals surface area contributed by atoms with Crippen LogP contribution in [0.5, 0.6) is 0 Å². The smallest absolute Gasteiger partial charge is 0.0136 e. The molecule has 1 aliphatic rings. The molecule has 0 aliphatic heterocycles. The lowest BCUT2D eigenvalue weighted by molar-refractivity contribution is 0.349. The molecule has 1 nitrogen and oxygen atoms in total. The van der Waals surface area contributed by atoms with Crippen LogP contribution in [0.3, 0.4) is 0 Å². The van der Waals surface area contributed by atoms with Crippen LogP contribution in [0.2, 0.25) is 0 Å². The van der Waals surface area contributed by atoms with Crippen molar-refractivity contribution in [3.05, 3.63) is 34.9 Å². The summed E-state index contributed by atoms with van der Waals surface area (Å²) in [6, 6.07) is 7.67. The molecule has 0 saturated heterocycles. The van der Waals surface area contributed by atoms with Crippen molar-refractivity contribution in [3.8, 4) is 0 Å². The first kappa shape index (κ1) is 15.6. The fourth-order valence-corrected chi connectivity index (χ4v) is 3.96. The number of rotatable bonds is 6. The Morgan fingerprint density at radius 2 is 1.80 bits per heavy atom. The summed E-state index contributed by atoms with van der Waals surface area (Å²) in [4.78, 5) is 0. The van der Waals surface area contributed by atoms with Crippen molar-refractivity contribution in [1.29, 1.82) is 0 Å². The maximum Gasteiger partial charge on any atom is 0.0136 e. The average molecular weight is 273 g/mol. The predicted molar refractivity (Wildman–Crippen MR) is 88.2 cm³/mol. The zero-order valence-corrected chi connectivity index (χ0v) is 13.7. The summed E-state index contributed by atoms with van der Waals surface area (Å²) in [5, 5.41) is 3.76. The van der Waals surface area contributed by atoms with E-state index < -0.39 is 0 Å². The molecule has 1 aromatic rings. The third-order valence-electron chi connectivity index (χ3n) is 4.93. The van der Waals surface area contributed by atoms with Crippen molar-refractivity contribution in [2.45, 2.75) is 65.8 Å². The molecule has 1 aromatic carbocycles. The molecule has 2 rings (SSSR count). The number of hydrogen-bond donors (Lipinski definition) is 1. The van der Waals surface area contributed by atoms with E-state index in [2.05, 4.69) is 51.2 Å². The van der Waals surface area contributed by atoms with E-state index in [9.17, 15) is 0 Å². The normalized spacial score (nSPS) is 24.0. The molecule has 1 aliphatic carbocycles. The van der Waals surface area contributed by atoms with Crippen LogP contribution in [0, 0.1) is 25.7 Å². The van der Waals surface area contributed by atoms with Crippen LogP contribution in [0.4, 0.5) is 0 Å². The molecular weight excluding hydrogens is 242 g/mol. The first-order chi connectivity index (χ1) is 9.62. The molecule has 1 fully saturated rings. The first-order valence-corrected chi connectivity index (χ1v) is 8.42. The van der Waals surface area contributed by atoms with Gasteiger partial charge < -0.3 is 5.32 Å². The molecule has 0 amide bonds. The highest BCUT2D eigenvalue weighted by Gasteiger charge is 2.29. The van der Waals surface area contributed by atoms with Gasteiger partial charge in [0.2, 0.25) is 0 Å². The summed E-state index contributed by atoms with van der Waals surface area (Å²) in [7, 11) is 0. The quantitative estimate of drug-likeness (QED) is 0.795. The van der Waals surface area contributed by atoms with Gasteiger partial charge in [0.15, 0.2) is 0 Å². The molecule has 0 heterocycles. The number of hydrogen-bond acceptors (Lipinski definition) is 1. The van der Waals surface area contributed by atoms with Crippen LogP contribution in [0.15, 0.2) is 18.2 Å². The van der Waals surface area contributed by atoms with Crippen LogP contribution in [0.25, 0.3) is 0 Å². The summed E-state index contributed by atoms with van der Waals surface area (Å²) in [5.74, 6) is 1.85. The van der Waals surface area contributed by atoms with Gasteiger partial charge in [-0.2, -0.15) is 0 Å². The maximum atomic E-state index is 3.76. The zero-order valence-electron chi connectivity index (χ0n) is 13.7. The second kappa shape index (κ2) is 7.26. The Labute approximate surface area is 125 Å². The van der Waals surface area contributed by atoms with Gasteiger partial charge in [0, 0.05) is 6.04 Å². The van der Waals surface area contributed by atoms with Crippen LogP contribution in [-0.2, 0) is 6.42 Å². The second-order valence-corrected chi connectivity index (χ2v) is 6.71. The minimum absolute atomic E-state index is 0.665. The van der Waals surface area contributed by atoms with E-state index in [1.54, 1.807) is 0 Å². The third kappa shape index (κ3) is 4.09. The molecule has 1 heteroatoms. The molecule has 0 spiro atoms. The SMILES string of the molecule is CCNC(Cc1cc(C)cc(C)c1)C1CCC(CC)C1. The lowest BCUT2D eigenvalue weighted by Gasteiger charge is -2.25. The molecule has 3 atom stereocenters. The Morgan fingerprint density at radius 1 is 1.10 bits per heavy atom. The fraction of sp³-hybridized carbons (Fsp3) is 0.684. The standard InChI is InChI=1S/C19H31N/c1-5-16-7-8-18(12-16)19(20-6-2)13-17-10-14(3)9-15(4)11-17/h9-11,16,18-20H,5-8,12-13H2,1-4H3. The molecular formula is C19H31N. The zero-order chi connectivity index (χ0) is 14.5. The van der Waals surface area contributed by atoms with E-state index in [1.807, 2.05) is 0 Å². The summed E-state index contributed by atoms with van der Waals surface area (Å²) in [5.41, 5.74) is 4.30. The lowest BCUT2D eigenvalue weighted by Crippen LogP contribution is -2.37. The maximum absolute atomic E-state index is 3.76. The van der Waals surface area contributed by atoms with E-state index in [0.717, 1.165) is 18.4 Å². The number of nitrogens with one attached hydrogen (secondary N) is 1. The van der Waals surface area contributed by atoms with Crippen molar-refractivity contribution < 1.29 is 0 Å². The Hall–Kier alpha value is -0.820. The van der Waals surface area contributed by atoms with Gasteiger partial charge in [0.05, 0.1) is 0 Å². The van der Waals surface area contributed by atoms with Gasteiger partial charge in [0.25, 0.3) is 0 Å². The fourth-order valence-electron chi connectivity index (χ4n) is 3.96. The van der Waals surface area contributed by atoms with Gasteiger partial charge in [-0.25, -0.2) is 0 Å². The van der Waals surface area contributed by atoms with E-state index >= 15 is 0 Å². The van der Waals surface area contributed by atoms with Crippen molar-refractivity contribution in [3.63, 3.8) is 0 Å². The number of benzene rings is 1. The molecule has 20 heavy (non-hydrogen) atoms. The lowest BCUT2D eigenvalue weighted by atomic mass is 9.90. The largest absolute Gasteiger partial charge is 0.314 e. The van der Waals surface area contributed by atoms with Crippen molar-refractivity contribution in [2.24, 2.45) is 11.8 Å². The van der Waals surface area contributed by atoms with Crippen LogP contribution < -0.4 is 5.32 Å². The number of likely N-dealkylation sites (N-methyl/N-ethyl adjacent to an activating group) is 1. The van der Waals surface area contributed by atoms with E-state index in [0.29, 0.717) is 6.04 Å². The van der Waals surface area contributed by atoms with Gasteiger partial charge >= 0.3 is 0 Å². The highest BCUT2D eigenvalue weighted by Crippen LogP contribution is 2.35. The molecule has 0 bridgehead atoms. The van der Waals surface area contributed by atoms with E-state index in [4.69, 9.17) is 0 Å². The van der Waals surface area contributed by atoms with Gasteiger partial charge in [-0.05, 0) is 57.1 Å². The topological polar surface area (TPSA) is 12.0 Å². The molecule has 1 saturated carbocycles. The Morgan fingerprint density at radius 3 is 2.35 bits per heavy atom. The minimum Gasteiger partial charge on any atom is -0.314 e. The molecule has 1 N–H and O–H groups in total. The minimum atomic E-state index is 0.665. The van der Waals surface area contributed by atoms with Crippen molar-refractivity contribution >= 4 is 0 Å². The predicted octanol–water partition coefficient (Wildman–Crippen LogP) is 4.65. The Balaban J connectivity index is 2.05. The monoisotopic (exact) mass is 273 g/mol. The molecule has 3 unspecified atom stereocenters. The molecule has 0 aromatic heterocycles. The summed E-state index contributed by atoms with van der Waals surface area (Å²) < 4.78 is 0. The van der Waals surface area contributed by atoms with Gasteiger partial charge in [-0.1, -0.05) is 56.0 Å². The number of aryl methyl sites for hydroxylation is 2. The Kier molecular flexibility index (Phi) is 5.65. The van der Waals surface area contributed by atoms with Crippen LogP contribution in [-0.4, -0.2) is 12.6 Å². The third-order valence-corrected chi connectivity index (χ3v) is 4.93.